The lowest BCUT2D eigenvalue weighted by Crippen LogP contribution is -1.99. The number of hydrogen-bond donors (Lipinski definition) is 0. The summed E-state index contributed by atoms with van der Waals surface area (Å²) in [6, 6.07) is 22.6. The van der Waals surface area contributed by atoms with Crippen molar-refractivity contribution in [1.29, 1.82) is 0 Å². The van der Waals surface area contributed by atoms with Crippen LogP contribution in [-0.2, 0) is 0 Å². The Balaban J connectivity index is 1.76. The van der Waals surface area contributed by atoms with Crippen LogP contribution in [0.25, 0.3) is 38.9 Å². The number of para-hydroxylation sites is 1. The van der Waals surface area contributed by atoms with Crippen molar-refractivity contribution in [2.75, 3.05) is 0 Å². The van der Waals surface area contributed by atoms with E-state index in [-0.39, 0.29) is 0 Å². The first kappa shape index (κ1) is 14.8. The minimum Gasteiger partial charge on any atom is -0.256 e. The largest absolute Gasteiger partial charge is 0.256 e. The van der Waals surface area contributed by atoms with Gasteiger partial charge in [0.25, 0.3) is 0 Å². The molecule has 3 heterocycles. The molecule has 0 bridgehead atoms. The highest BCUT2D eigenvalue weighted by Crippen LogP contribution is 2.28. The van der Waals surface area contributed by atoms with Gasteiger partial charge >= 0.3 is 0 Å². The van der Waals surface area contributed by atoms with Gasteiger partial charge in [0, 0.05) is 28.4 Å². The van der Waals surface area contributed by atoms with E-state index in [2.05, 4.69) is 40.4 Å². The number of nitrogens with zero attached hydrogens (tertiary/aromatic N) is 4. The number of pyridine rings is 1. The summed E-state index contributed by atoms with van der Waals surface area (Å²) in [7, 11) is 0. The minimum absolute atomic E-state index is 0.861. The first-order chi connectivity index (χ1) is 12.8. The van der Waals surface area contributed by atoms with E-state index in [1.807, 2.05) is 60.2 Å². The third kappa shape index (κ3) is 2.35. The molecule has 4 heteroatoms. The highest BCUT2D eigenvalue weighted by atomic mass is 15.3. The van der Waals surface area contributed by atoms with Gasteiger partial charge in [-0.15, -0.1) is 0 Å². The van der Waals surface area contributed by atoms with Gasteiger partial charge in [-0.2, -0.15) is 5.10 Å². The summed E-state index contributed by atoms with van der Waals surface area (Å²) in [5.41, 5.74) is 6.98. The lowest BCUT2D eigenvalue weighted by atomic mass is 10.1. The number of fused-ring (bicyclic) bond motifs is 2. The molecule has 26 heavy (non-hydrogen) atoms. The van der Waals surface area contributed by atoms with E-state index in [0.29, 0.717) is 0 Å². The summed E-state index contributed by atoms with van der Waals surface area (Å²) in [6.45, 7) is 2.01. The van der Waals surface area contributed by atoms with E-state index in [4.69, 9.17) is 4.98 Å². The second-order valence-electron chi connectivity index (χ2n) is 6.36. The Kier molecular flexibility index (Phi) is 3.28. The van der Waals surface area contributed by atoms with Gasteiger partial charge in [-0.05, 0) is 30.7 Å². The summed E-state index contributed by atoms with van der Waals surface area (Å²) in [4.78, 5) is 9.34. The number of aromatic nitrogens is 4. The van der Waals surface area contributed by atoms with Gasteiger partial charge in [0.05, 0.1) is 17.4 Å². The first-order valence-corrected chi connectivity index (χ1v) is 8.55. The van der Waals surface area contributed by atoms with E-state index >= 15 is 0 Å². The minimum atomic E-state index is 0.861. The smallest absolute Gasteiger partial charge is 0.163 e. The van der Waals surface area contributed by atoms with Crippen molar-refractivity contribution in [3.63, 3.8) is 0 Å². The molecule has 0 fully saturated rings. The fourth-order valence-corrected chi connectivity index (χ4v) is 3.32. The lowest BCUT2D eigenvalue weighted by molar-refractivity contribution is 0.937. The molecule has 0 N–H and O–H groups in total. The van der Waals surface area contributed by atoms with Crippen LogP contribution in [0.15, 0.2) is 79.1 Å². The molecule has 0 amide bonds. The molecule has 0 aliphatic rings. The van der Waals surface area contributed by atoms with Gasteiger partial charge in [-0.3, -0.25) is 4.98 Å². The fourth-order valence-electron chi connectivity index (χ4n) is 3.32. The Hall–Kier alpha value is -3.53. The third-order valence-electron chi connectivity index (χ3n) is 4.57. The van der Waals surface area contributed by atoms with Crippen molar-refractivity contribution in [2.45, 2.75) is 6.92 Å². The maximum absolute atomic E-state index is 4.74. The monoisotopic (exact) mass is 336 g/mol. The van der Waals surface area contributed by atoms with Gasteiger partial charge in [-0.25, -0.2) is 9.50 Å². The standard InChI is InChI=1S/C22H16N4/c1-15-11-21(18-12-17-9-5-6-10-20(17)23-13-18)26-22(25-15)19(14-24-26)16-7-3-2-4-8-16/h2-14H,1H3. The molecule has 0 radical (unpaired) electrons. The molecule has 0 saturated carbocycles. The summed E-state index contributed by atoms with van der Waals surface area (Å²) in [5.74, 6) is 0. The van der Waals surface area contributed by atoms with Crippen LogP contribution in [0, 0.1) is 6.92 Å². The zero-order chi connectivity index (χ0) is 17.5. The molecule has 0 unspecified atom stereocenters. The molecular formula is C22H16N4. The normalized spacial score (nSPS) is 11.3. The van der Waals surface area contributed by atoms with E-state index < -0.39 is 0 Å². The van der Waals surface area contributed by atoms with Gasteiger partial charge in [0.15, 0.2) is 5.65 Å². The highest BCUT2D eigenvalue weighted by molar-refractivity contribution is 5.84. The predicted molar refractivity (Wildman–Crippen MR) is 104 cm³/mol. The van der Waals surface area contributed by atoms with Crippen molar-refractivity contribution < 1.29 is 0 Å². The van der Waals surface area contributed by atoms with E-state index in [1.54, 1.807) is 0 Å². The quantitative estimate of drug-likeness (QED) is 0.459. The molecule has 3 aromatic heterocycles. The number of aryl methyl sites for hydroxylation is 1. The molecule has 0 aliphatic carbocycles. The Morgan fingerprint density at radius 1 is 0.808 bits per heavy atom. The Morgan fingerprint density at radius 2 is 1.62 bits per heavy atom. The predicted octanol–water partition coefficient (Wildman–Crippen LogP) is 4.92. The van der Waals surface area contributed by atoms with E-state index in [9.17, 15) is 0 Å². The topological polar surface area (TPSA) is 43.1 Å². The Morgan fingerprint density at radius 3 is 2.50 bits per heavy atom. The van der Waals surface area contributed by atoms with Crippen LogP contribution < -0.4 is 0 Å². The third-order valence-corrected chi connectivity index (χ3v) is 4.57. The molecule has 2 aromatic carbocycles. The van der Waals surface area contributed by atoms with Gasteiger partial charge in [0.1, 0.15) is 0 Å². The van der Waals surface area contributed by atoms with Crippen LogP contribution in [0.3, 0.4) is 0 Å². The fraction of sp³-hybridized carbons (Fsp3) is 0.0455. The van der Waals surface area contributed by atoms with E-state index in [0.717, 1.165) is 44.6 Å². The molecule has 0 aliphatic heterocycles. The molecule has 124 valence electrons. The van der Waals surface area contributed by atoms with Crippen LogP contribution in [0.1, 0.15) is 5.69 Å². The Labute approximate surface area is 150 Å². The van der Waals surface area contributed by atoms with Crippen molar-refractivity contribution in [2.24, 2.45) is 0 Å². The van der Waals surface area contributed by atoms with Crippen LogP contribution >= 0.6 is 0 Å². The van der Waals surface area contributed by atoms with Crippen LogP contribution in [-0.4, -0.2) is 19.6 Å². The zero-order valence-electron chi connectivity index (χ0n) is 14.3. The van der Waals surface area contributed by atoms with Crippen molar-refractivity contribution in [1.82, 2.24) is 19.6 Å². The molecule has 5 aromatic rings. The molecule has 0 saturated heterocycles. The van der Waals surface area contributed by atoms with Crippen molar-refractivity contribution >= 4 is 16.6 Å². The van der Waals surface area contributed by atoms with Crippen LogP contribution in [0.2, 0.25) is 0 Å². The molecule has 0 spiro atoms. The number of rotatable bonds is 2. The summed E-state index contributed by atoms with van der Waals surface area (Å²) in [6.07, 6.45) is 3.79. The molecule has 0 atom stereocenters. The SMILES string of the molecule is Cc1cc(-c2cnc3ccccc3c2)n2ncc(-c3ccccc3)c2n1. The van der Waals surface area contributed by atoms with Crippen molar-refractivity contribution in [3.05, 3.63) is 84.8 Å². The molecular weight excluding hydrogens is 320 g/mol. The average molecular weight is 336 g/mol. The average Bonchev–Trinajstić information content (AvgIpc) is 3.11. The summed E-state index contributed by atoms with van der Waals surface area (Å²) >= 11 is 0. The Bertz CT molecular complexity index is 1240. The molecule has 4 nitrogen and oxygen atoms in total. The zero-order valence-corrected chi connectivity index (χ0v) is 14.3. The van der Waals surface area contributed by atoms with Crippen LogP contribution in [0.5, 0.6) is 0 Å². The number of benzene rings is 2. The highest BCUT2D eigenvalue weighted by Gasteiger charge is 2.13. The maximum atomic E-state index is 4.74. The van der Waals surface area contributed by atoms with Gasteiger partial charge in [0.2, 0.25) is 0 Å². The summed E-state index contributed by atoms with van der Waals surface area (Å²) in [5, 5.41) is 5.73. The van der Waals surface area contributed by atoms with Crippen LogP contribution in [0.4, 0.5) is 0 Å². The maximum Gasteiger partial charge on any atom is 0.163 e. The summed E-state index contributed by atoms with van der Waals surface area (Å²) < 4.78 is 1.90. The number of hydrogen-bond acceptors (Lipinski definition) is 3. The second kappa shape index (κ2) is 5.77. The van der Waals surface area contributed by atoms with Gasteiger partial charge in [-0.1, -0.05) is 48.5 Å². The second-order valence-corrected chi connectivity index (χ2v) is 6.36. The first-order valence-electron chi connectivity index (χ1n) is 8.55. The van der Waals surface area contributed by atoms with E-state index in [1.165, 1.54) is 0 Å². The van der Waals surface area contributed by atoms with Gasteiger partial charge < -0.3 is 0 Å². The van der Waals surface area contributed by atoms with Crippen molar-refractivity contribution in [3.8, 4) is 22.4 Å². The lowest BCUT2D eigenvalue weighted by Gasteiger charge is -2.08. The molecule has 5 rings (SSSR count).